The average molecular weight is 345 g/mol. The van der Waals surface area contributed by atoms with Gasteiger partial charge < -0.3 is 4.90 Å². The summed E-state index contributed by atoms with van der Waals surface area (Å²) in [6.45, 7) is 2.83. The Morgan fingerprint density at radius 1 is 1.04 bits per heavy atom. The summed E-state index contributed by atoms with van der Waals surface area (Å²) < 4.78 is 0. The summed E-state index contributed by atoms with van der Waals surface area (Å²) in [6, 6.07) is 17.7. The Balaban J connectivity index is 1.78. The molecule has 2 heterocycles. The van der Waals surface area contributed by atoms with Crippen LogP contribution in [0, 0.1) is 6.92 Å². The smallest absolute Gasteiger partial charge is 0.168 e. The lowest BCUT2D eigenvalue weighted by molar-refractivity contribution is 0.0992. The quantitative estimate of drug-likeness (QED) is 0.635. The predicted molar refractivity (Wildman–Crippen MR) is 104 cm³/mol. The average Bonchev–Trinajstić information content (AvgIpc) is 2.62. The fourth-order valence-corrected chi connectivity index (χ4v) is 2.87. The van der Waals surface area contributed by atoms with Gasteiger partial charge in [-0.25, -0.2) is 0 Å². The van der Waals surface area contributed by atoms with Crippen LogP contribution in [-0.2, 0) is 13.0 Å². The van der Waals surface area contributed by atoms with Gasteiger partial charge in [-0.1, -0.05) is 30.3 Å². The summed E-state index contributed by atoms with van der Waals surface area (Å²) >= 11 is 0. The Morgan fingerprint density at radius 2 is 1.81 bits per heavy atom. The molecule has 3 rings (SSSR count). The molecule has 0 saturated carbocycles. The number of pyridine rings is 2. The molecule has 0 atom stereocenters. The molecule has 26 heavy (non-hydrogen) atoms. The number of rotatable bonds is 6. The fraction of sp³-hybridized carbons (Fsp3) is 0.227. The van der Waals surface area contributed by atoms with Crippen molar-refractivity contribution in [2.75, 3.05) is 14.1 Å². The first-order valence-corrected chi connectivity index (χ1v) is 8.67. The molecule has 4 nitrogen and oxygen atoms in total. The van der Waals surface area contributed by atoms with Crippen molar-refractivity contribution in [1.82, 2.24) is 14.9 Å². The maximum absolute atomic E-state index is 12.6. The van der Waals surface area contributed by atoms with Crippen molar-refractivity contribution in [3.05, 3.63) is 83.3 Å². The second kappa shape index (κ2) is 8.02. The summed E-state index contributed by atoms with van der Waals surface area (Å²) in [5.41, 5.74) is 5.44. The van der Waals surface area contributed by atoms with E-state index in [4.69, 9.17) is 0 Å². The molecule has 0 radical (unpaired) electrons. The van der Waals surface area contributed by atoms with Crippen LogP contribution in [-0.4, -0.2) is 34.7 Å². The molecule has 0 fully saturated rings. The topological polar surface area (TPSA) is 46.1 Å². The molecule has 0 amide bonds. The molecule has 2 aromatic heterocycles. The summed E-state index contributed by atoms with van der Waals surface area (Å²) in [5, 5.41) is 0. The molecule has 0 N–H and O–H groups in total. The van der Waals surface area contributed by atoms with E-state index in [1.165, 1.54) is 5.56 Å². The first-order valence-electron chi connectivity index (χ1n) is 8.67. The second-order valence-corrected chi connectivity index (χ2v) is 6.73. The molecule has 0 bridgehead atoms. The molecule has 0 aliphatic carbocycles. The van der Waals surface area contributed by atoms with Crippen molar-refractivity contribution < 1.29 is 4.79 Å². The van der Waals surface area contributed by atoms with Crippen LogP contribution in [0.2, 0.25) is 0 Å². The molecule has 4 heteroatoms. The van der Waals surface area contributed by atoms with Gasteiger partial charge >= 0.3 is 0 Å². The normalized spacial score (nSPS) is 10.9. The zero-order valence-corrected chi connectivity index (χ0v) is 15.4. The van der Waals surface area contributed by atoms with Gasteiger partial charge in [0.25, 0.3) is 0 Å². The minimum atomic E-state index is 0.0518. The van der Waals surface area contributed by atoms with E-state index in [-0.39, 0.29) is 5.78 Å². The van der Waals surface area contributed by atoms with Crippen LogP contribution < -0.4 is 0 Å². The lowest BCUT2D eigenvalue weighted by Crippen LogP contribution is -2.10. The van der Waals surface area contributed by atoms with Gasteiger partial charge in [0.2, 0.25) is 0 Å². The summed E-state index contributed by atoms with van der Waals surface area (Å²) in [6.07, 6.45) is 1.99. The van der Waals surface area contributed by atoms with Crippen LogP contribution in [0.5, 0.6) is 0 Å². The van der Waals surface area contributed by atoms with Crippen molar-refractivity contribution in [3.63, 3.8) is 0 Å². The monoisotopic (exact) mass is 345 g/mol. The summed E-state index contributed by atoms with van der Waals surface area (Å²) in [4.78, 5) is 23.6. The highest BCUT2D eigenvalue weighted by atomic mass is 16.1. The number of hydrogen-bond acceptors (Lipinski definition) is 4. The van der Waals surface area contributed by atoms with Gasteiger partial charge in [0, 0.05) is 35.3 Å². The van der Waals surface area contributed by atoms with E-state index in [2.05, 4.69) is 39.1 Å². The molecule has 1 aromatic carbocycles. The number of nitrogens with zero attached hydrogens (tertiary/aromatic N) is 3. The Kier molecular flexibility index (Phi) is 5.54. The lowest BCUT2D eigenvalue weighted by atomic mass is 10.0. The maximum Gasteiger partial charge on any atom is 0.168 e. The largest absolute Gasteiger partial charge is 0.305 e. The molecule has 0 saturated heterocycles. The van der Waals surface area contributed by atoms with Crippen LogP contribution >= 0.6 is 0 Å². The number of aromatic nitrogens is 2. The van der Waals surface area contributed by atoms with Crippen LogP contribution in [0.1, 0.15) is 27.3 Å². The first kappa shape index (κ1) is 18.0. The third kappa shape index (κ3) is 4.61. The number of ketones is 1. The van der Waals surface area contributed by atoms with Gasteiger partial charge in [-0.05, 0) is 50.8 Å². The van der Waals surface area contributed by atoms with E-state index >= 15 is 0 Å². The lowest BCUT2D eigenvalue weighted by Gasteiger charge is -2.10. The molecule has 0 aliphatic heterocycles. The van der Waals surface area contributed by atoms with Crippen LogP contribution in [0.15, 0.2) is 60.8 Å². The minimum Gasteiger partial charge on any atom is -0.305 e. The SMILES string of the molecule is Cc1cccc(CC(=O)c2ccnc(-c3ccc(CN(C)C)cc3)c2)n1. The van der Waals surface area contributed by atoms with Crippen molar-refractivity contribution >= 4 is 5.78 Å². The van der Waals surface area contributed by atoms with Crippen molar-refractivity contribution in [2.24, 2.45) is 0 Å². The molecule has 0 aliphatic rings. The summed E-state index contributed by atoms with van der Waals surface area (Å²) in [5.74, 6) is 0.0518. The highest BCUT2D eigenvalue weighted by Crippen LogP contribution is 2.20. The molecule has 0 spiro atoms. The number of hydrogen-bond donors (Lipinski definition) is 0. The first-order chi connectivity index (χ1) is 12.5. The Hall–Kier alpha value is -2.85. The number of carbonyl (C=O) groups is 1. The van der Waals surface area contributed by atoms with E-state index < -0.39 is 0 Å². The zero-order chi connectivity index (χ0) is 18.5. The molecule has 132 valence electrons. The van der Waals surface area contributed by atoms with E-state index in [0.717, 1.165) is 29.2 Å². The maximum atomic E-state index is 12.6. The highest BCUT2D eigenvalue weighted by Gasteiger charge is 2.10. The number of benzene rings is 1. The van der Waals surface area contributed by atoms with Gasteiger partial charge in [-0.2, -0.15) is 0 Å². The molecular weight excluding hydrogens is 322 g/mol. The molecule has 0 unspecified atom stereocenters. The third-order valence-corrected chi connectivity index (χ3v) is 4.12. The van der Waals surface area contributed by atoms with Gasteiger partial charge in [-0.15, -0.1) is 0 Å². The Morgan fingerprint density at radius 3 is 2.50 bits per heavy atom. The Bertz CT molecular complexity index is 901. The van der Waals surface area contributed by atoms with E-state index in [9.17, 15) is 4.79 Å². The van der Waals surface area contributed by atoms with Crippen LogP contribution in [0.3, 0.4) is 0 Å². The van der Waals surface area contributed by atoms with E-state index in [1.54, 1.807) is 12.3 Å². The number of carbonyl (C=O) groups excluding carboxylic acids is 1. The van der Waals surface area contributed by atoms with Gasteiger partial charge in [-0.3, -0.25) is 14.8 Å². The van der Waals surface area contributed by atoms with E-state index in [0.29, 0.717) is 12.0 Å². The standard InChI is InChI=1S/C22H23N3O/c1-16-5-4-6-20(24-16)14-22(26)19-11-12-23-21(13-19)18-9-7-17(8-10-18)15-25(2)3/h4-13H,14-15H2,1-3H3. The minimum absolute atomic E-state index is 0.0518. The van der Waals surface area contributed by atoms with Crippen molar-refractivity contribution in [1.29, 1.82) is 0 Å². The molecule has 3 aromatic rings. The predicted octanol–water partition coefficient (Wildman–Crippen LogP) is 3.94. The van der Waals surface area contributed by atoms with Gasteiger partial charge in [0.1, 0.15) is 0 Å². The Labute approximate surface area is 154 Å². The fourth-order valence-electron chi connectivity index (χ4n) is 2.87. The van der Waals surface area contributed by atoms with Crippen molar-refractivity contribution in [2.45, 2.75) is 19.9 Å². The second-order valence-electron chi connectivity index (χ2n) is 6.73. The third-order valence-electron chi connectivity index (χ3n) is 4.12. The highest BCUT2D eigenvalue weighted by molar-refractivity contribution is 5.98. The van der Waals surface area contributed by atoms with Gasteiger partial charge in [0.15, 0.2) is 5.78 Å². The van der Waals surface area contributed by atoms with Crippen LogP contribution in [0.25, 0.3) is 11.3 Å². The number of aryl methyl sites for hydroxylation is 1. The van der Waals surface area contributed by atoms with Crippen LogP contribution in [0.4, 0.5) is 0 Å². The molecular formula is C22H23N3O. The number of Topliss-reactive ketones (excluding diaryl/α,β-unsaturated/α-hetero) is 1. The van der Waals surface area contributed by atoms with Gasteiger partial charge in [0.05, 0.1) is 12.1 Å². The summed E-state index contributed by atoms with van der Waals surface area (Å²) in [7, 11) is 4.10. The zero-order valence-electron chi connectivity index (χ0n) is 15.4. The van der Waals surface area contributed by atoms with Crippen molar-refractivity contribution in [3.8, 4) is 11.3 Å². The van der Waals surface area contributed by atoms with E-state index in [1.807, 2.05) is 45.3 Å².